The first-order valence-electron chi connectivity index (χ1n) is 8.52. The van der Waals surface area contributed by atoms with Gasteiger partial charge in [-0.05, 0) is 31.7 Å². The third-order valence-electron chi connectivity index (χ3n) is 4.62. The minimum Gasteiger partial charge on any atom is -0.469 e. The lowest BCUT2D eigenvalue weighted by molar-refractivity contribution is -0.142. The van der Waals surface area contributed by atoms with Crippen molar-refractivity contribution in [3.05, 3.63) is 35.4 Å². The van der Waals surface area contributed by atoms with Crippen LogP contribution in [0.5, 0.6) is 0 Å². The van der Waals surface area contributed by atoms with Gasteiger partial charge in [0.25, 0.3) is 0 Å². The maximum atomic E-state index is 12.6. The quantitative estimate of drug-likeness (QED) is 0.725. The van der Waals surface area contributed by atoms with Crippen LogP contribution in [-0.4, -0.2) is 36.5 Å². The molecule has 4 heteroatoms. The molecule has 0 aromatic heterocycles. The van der Waals surface area contributed by atoms with E-state index in [-0.39, 0.29) is 18.3 Å². The van der Waals surface area contributed by atoms with E-state index in [4.69, 9.17) is 4.74 Å². The molecule has 1 fully saturated rings. The lowest BCUT2D eigenvalue weighted by Crippen LogP contribution is -2.40. The lowest BCUT2D eigenvalue weighted by atomic mass is 10.1. The summed E-state index contributed by atoms with van der Waals surface area (Å²) in [7, 11) is 1.39. The molecule has 1 aromatic rings. The van der Waals surface area contributed by atoms with Gasteiger partial charge in [-0.15, -0.1) is 0 Å². The molecule has 0 saturated heterocycles. The van der Waals surface area contributed by atoms with Crippen LogP contribution in [0.1, 0.15) is 49.7 Å². The van der Waals surface area contributed by atoms with Crippen molar-refractivity contribution in [1.29, 1.82) is 0 Å². The van der Waals surface area contributed by atoms with Crippen LogP contribution in [0.15, 0.2) is 24.3 Å². The molecule has 4 nitrogen and oxygen atoms in total. The number of nitrogens with zero attached hydrogens (tertiary/aromatic N) is 1. The molecule has 1 saturated carbocycles. The van der Waals surface area contributed by atoms with Crippen LogP contribution in [0.3, 0.4) is 0 Å². The highest BCUT2D eigenvalue weighted by atomic mass is 16.5. The fraction of sp³-hybridized carbons (Fsp3) is 0.579. The summed E-state index contributed by atoms with van der Waals surface area (Å²) in [6, 6.07) is 8.61. The number of ether oxygens (including phenoxy) is 1. The second kappa shape index (κ2) is 8.70. The predicted molar refractivity (Wildman–Crippen MR) is 90.1 cm³/mol. The van der Waals surface area contributed by atoms with Crippen molar-refractivity contribution in [2.45, 2.75) is 57.9 Å². The minimum absolute atomic E-state index is 0.154. The molecule has 0 unspecified atom stereocenters. The number of aryl methyl sites for hydroxylation is 2. The molecule has 1 aliphatic rings. The van der Waals surface area contributed by atoms with Gasteiger partial charge in [0.05, 0.1) is 13.5 Å². The molecule has 0 bridgehead atoms. The average molecular weight is 317 g/mol. The summed E-state index contributed by atoms with van der Waals surface area (Å²) in [6.07, 6.45) is 5.98. The summed E-state index contributed by atoms with van der Waals surface area (Å²) in [5.41, 5.74) is 2.41. The van der Waals surface area contributed by atoms with Crippen molar-refractivity contribution in [1.82, 2.24) is 4.90 Å². The molecule has 0 aliphatic heterocycles. The Morgan fingerprint density at radius 2 is 1.78 bits per heavy atom. The number of amides is 1. The zero-order valence-corrected chi connectivity index (χ0v) is 14.2. The van der Waals surface area contributed by atoms with E-state index in [2.05, 4.69) is 31.2 Å². The number of carbonyl (C=O) groups excluding carboxylic acids is 2. The Morgan fingerprint density at radius 3 is 2.39 bits per heavy atom. The molecular formula is C19H27NO3. The Morgan fingerprint density at radius 1 is 1.13 bits per heavy atom. The van der Waals surface area contributed by atoms with E-state index in [0.29, 0.717) is 19.0 Å². The molecule has 0 spiro atoms. The first-order valence-corrected chi connectivity index (χ1v) is 8.52. The molecule has 23 heavy (non-hydrogen) atoms. The number of carbonyl (C=O) groups is 2. The van der Waals surface area contributed by atoms with Crippen LogP contribution in [-0.2, 0) is 20.7 Å². The summed E-state index contributed by atoms with van der Waals surface area (Å²) in [4.78, 5) is 26.0. The van der Waals surface area contributed by atoms with Crippen molar-refractivity contribution in [3.63, 3.8) is 0 Å². The first-order chi connectivity index (χ1) is 11.1. The topological polar surface area (TPSA) is 46.6 Å². The molecule has 1 aromatic carbocycles. The fourth-order valence-electron chi connectivity index (χ4n) is 3.19. The normalized spacial score (nSPS) is 14.7. The van der Waals surface area contributed by atoms with Gasteiger partial charge < -0.3 is 9.64 Å². The fourth-order valence-corrected chi connectivity index (χ4v) is 3.19. The van der Waals surface area contributed by atoms with Gasteiger partial charge in [0.1, 0.15) is 0 Å². The minimum atomic E-state index is -0.251. The van der Waals surface area contributed by atoms with Gasteiger partial charge in [-0.3, -0.25) is 9.59 Å². The van der Waals surface area contributed by atoms with Crippen LogP contribution in [0.2, 0.25) is 0 Å². The third-order valence-corrected chi connectivity index (χ3v) is 4.62. The van der Waals surface area contributed by atoms with Gasteiger partial charge >= 0.3 is 5.97 Å². The zero-order chi connectivity index (χ0) is 16.7. The summed E-state index contributed by atoms with van der Waals surface area (Å²) < 4.78 is 4.71. The van der Waals surface area contributed by atoms with E-state index in [9.17, 15) is 9.59 Å². The summed E-state index contributed by atoms with van der Waals surface area (Å²) in [6.45, 7) is 2.54. The molecule has 0 radical (unpaired) electrons. The lowest BCUT2D eigenvalue weighted by Gasteiger charge is -2.29. The number of methoxy groups -OCH3 is 1. The Bertz CT molecular complexity index is 518. The number of rotatable bonds is 7. The molecule has 0 N–H and O–H groups in total. The highest BCUT2D eigenvalue weighted by Crippen LogP contribution is 2.24. The Hall–Kier alpha value is -1.84. The van der Waals surface area contributed by atoms with Crippen molar-refractivity contribution in [2.24, 2.45) is 0 Å². The standard InChI is InChI=1S/C19H27NO3/c1-15-7-9-16(10-8-15)11-12-18(21)20(14-13-19(22)23-2)17-5-3-4-6-17/h7-10,17H,3-6,11-14H2,1-2H3. The summed E-state index contributed by atoms with van der Waals surface area (Å²) in [5.74, 6) is -0.0966. The smallest absolute Gasteiger partial charge is 0.307 e. The number of hydrogen-bond acceptors (Lipinski definition) is 3. The monoisotopic (exact) mass is 317 g/mol. The van der Waals surface area contributed by atoms with Gasteiger partial charge in [0.2, 0.25) is 5.91 Å². The molecule has 0 atom stereocenters. The van der Waals surface area contributed by atoms with Crippen LogP contribution < -0.4 is 0 Å². The van der Waals surface area contributed by atoms with Gasteiger partial charge in [-0.1, -0.05) is 42.7 Å². The van der Waals surface area contributed by atoms with E-state index >= 15 is 0 Å². The van der Waals surface area contributed by atoms with Crippen molar-refractivity contribution in [3.8, 4) is 0 Å². The zero-order valence-electron chi connectivity index (χ0n) is 14.2. The third kappa shape index (κ3) is 5.38. The second-order valence-electron chi connectivity index (χ2n) is 6.34. The van der Waals surface area contributed by atoms with Gasteiger partial charge in [-0.2, -0.15) is 0 Å². The van der Waals surface area contributed by atoms with E-state index in [1.165, 1.54) is 31.1 Å². The molecule has 1 aliphatic carbocycles. The Balaban J connectivity index is 1.92. The maximum Gasteiger partial charge on any atom is 0.307 e. The van der Waals surface area contributed by atoms with Gasteiger partial charge in [0, 0.05) is 19.0 Å². The highest BCUT2D eigenvalue weighted by molar-refractivity contribution is 5.78. The molecule has 1 amide bonds. The van der Waals surface area contributed by atoms with Crippen molar-refractivity contribution < 1.29 is 14.3 Å². The van der Waals surface area contributed by atoms with Crippen LogP contribution in [0.25, 0.3) is 0 Å². The predicted octanol–water partition coefficient (Wildman–Crippen LogP) is 3.26. The van der Waals surface area contributed by atoms with Gasteiger partial charge in [-0.25, -0.2) is 0 Å². The molecule has 2 rings (SSSR count). The van der Waals surface area contributed by atoms with Gasteiger partial charge in [0.15, 0.2) is 0 Å². The molecule has 126 valence electrons. The van der Waals surface area contributed by atoms with E-state index < -0.39 is 0 Å². The second-order valence-corrected chi connectivity index (χ2v) is 6.34. The molecular weight excluding hydrogens is 290 g/mol. The Kier molecular flexibility index (Phi) is 6.63. The largest absolute Gasteiger partial charge is 0.469 e. The molecule has 0 heterocycles. The first kappa shape index (κ1) is 17.5. The maximum absolute atomic E-state index is 12.6. The van der Waals surface area contributed by atoms with Crippen LogP contribution >= 0.6 is 0 Å². The average Bonchev–Trinajstić information content (AvgIpc) is 3.08. The van der Waals surface area contributed by atoms with Crippen LogP contribution in [0.4, 0.5) is 0 Å². The van der Waals surface area contributed by atoms with E-state index in [1.54, 1.807) is 0 Å². The summed E-state index contributed by atoms with van der Waals surface area (Å²) in [5, 5.41) is 0. The van der Waals surface area contributed by atoms with Crippen molar-refractivity contribution in [2.75, 3.05) is 13.7 Å². The van der Waals surface area contributed by atoms with Crippen molar-refractivity contribution >= 4 is 11.9 Å². The summed E-state index contributed by atoms with van der Waals surface area (Å²) >= 11 is 0. The van der Waals surface area contributed by atoms with E-state index in [1.807, 2.05) is 4.90 Å². The number of benzene rings is 1. The highest BCUT2D eigenvalue weighted by Gasteiger charge is 2.26. The SMILES string of the molecule is COC(=O)CCN(C(=O)CCc1ccc(C)cc1)C1CCCC1. The number of esters is 1. The Labute approximate surface area is 138 Å². The van der Waals surface area contributed by atoms with E-state index in [0.717, 1.165) is 19.3 Å². The van der Waals surface area contributed by atoms with Crippen LogP contribution in [0, 0.1) is 6.92 Å². The number of hydrogen-bond donors (Lipinski definition) is 0.